The number of carbonyl (C=O) groups excluding carboxylic acids is 2. The summed E-state index contributed by atoms with van der Waals surface area (Å²) in [5, 5.41) is 45.6. The van der Waals surface area contributed by atoms with Gasteiger partial charge in [0.05, 0.1) is 0 Å². The predicted octanol–water partition coefficient (Wildman–Crippen LogP) is 9.09. The Kier molecular flexibility index (Phi) is 22.9. The zero-order chi connectivity index (χ0) is 49.4. The largest absolute Gasteiger partial charge is 0.488 e. The molecule has 352 valence electrons. The summed E-state index contributed by atoms with van der Waals surface area (Å²) in [4.78, 5) is 29.9. The molecule has 3 aromatic rings. The Hall–Kier alpha value is -4.29. The SMILES string of the molecule is C=C/C(CN(Cc1c2ccccc2c(CN(CC(=C/CC)/C(=C\C)B(O)O)CC(C)(C)C(C)(C)C(N)=O)c2ccccc12)CC(C)(C)CC(C)(C)C(N)=O)=C(\C=C)B(O)O.CC.CC. The Bertz CT molecular complexity index is 2080. The first-order valence-corrected chi connectivity index (χ1v) is 22.9. The fourth-order valence-electron chi connectivity index (χ4n) is 8.65. The maximum Gasteiger partial charge on any atom is 0.488 e. The van der Waals surface area contributed by atoms with Gasteiger partial charge in [0.1, 0.15) is 0 Å². The van der Waals surface area contributed by atoms with Crippen LogP contribution in [-0.2, 0) is 22.7 Å². The first-order valence-electron chi connectivity index (χ1n) is 22.9. The molecule has 0 saturated heterocycles. The van der Waals surface area contributed by atoms with Gasteiger partial charge in [-0.1, -0.05) is 176 Å². The van der Waals surface area contributed by atoms with E-state index in [2.05, 4.69) is 61.1 Å². The van der Waals surface area contributed by atoms with Crippen molar-refractivity contribution in [3.63, 3.8) is 0 Å². The number of hydrogen-bond acceptors (Lipinski definition) is 8. The number of amides is 2. The summed E-state index contributed by atoms with van der Waals surface area (Å²) in [6.07, 6.45) is 8.04. The normalized spacial score (nSPS) is 13.2. The van der Waals surface area contributed by atoms with Crippen LogP contribution in [-0.4, -0.2) is 82.1 Å². The van der Waals surface area contributed by atoms with Crippen LogP contribution >= 0.6 is 0 Å². The highest BCUT2D eigenvalue weighted by molar-refractivity contribution is 6.52. The standard InChI is InChI=1S/C48H70B2N4O6.2C2H6/c1-13-21-34(42(16-4)50(59)60)27-54(32-47(9,10)48(11,12)44(52)56)29-40-37-24-19-17-22-35(37)39(36-23-18-20-25-38(36)40)28-53(26-33(14-2)41(15-3)49(57)58)31-45(5,6)30-46(7,8)43(51)55;2*1-2/h14-25,57-60H,2-3,13,26-32H2,1,4-12H3,(H2,51,55)(H2,52,56);2*1-2H3/b34-21-,41-33-,42-16+;;. The molecule has 0 aliphatic rings. The zero-order valence-electron chi connectivity index (χ0n) is 41.8. The van der Waals surface area contributed by atoms with E-state index >= 15 is 0 Å². The van der Waals surface area contributed by atoms with Crippen molar-refractivity contribution in [3.05, 3.63) is 119 Å². The number of nitrogens with two attached hydrogens (primary N) is 2. The molecule has 0 aromatic heterocycles. The van der Waals surface area contributed by atoms with E-state index in [1.54, 1.807) is 19.1 Å². The Labute approximate surface area is 387 Å². The molecule has 0 bridgehead atoms. The van der Waals surface area contributed by atoms with Crippen LogP contribution in [0.15, 0.2) is 108 Å². The highest BCUT2D eigenvalue weighted by atomic mass is 16.4. The Morgan fingerprint density at radius 3 is 1.45 bits per heavy atom. The van der Waals surface area contributed by atoms with Crippen molar-refractivity contribution in [2.24, 2.45) is 33.1 Å². The van der Waals surface area contributed by atoms with E-state index < -0.39 is 41.8 Å². The van der Waals surface area contributed by atoms with Gasteiger partial charge in [-0.25, -0.2) is 0 Å². The molecule has 0 aliphatic carbocycles. The highest BCUT2D eigenvalue weighted by Crippen LogP contribution is 2.42. The van der Waals surface area contributed by atoms with Crippen LogP contribution in [0, 0.1) is 21.7 Å². The lowest BCUT2D eigenvalue weighted by Gasteiger charge is -2.43. The molecule has 0 heterocycles. The van der Waals surface area contributed by atoms with Crippen molar-refractivity contribution in [2.75, 3.05) is 26.2 Å². The molecular weight excluding hydrogens is 798 g/mol. The van der Waals surface area contributed by atoms with Crippen molar-refractivity contribution < 1.29 is 29.7 Å². The van der Waals surface area contributed by atoms with Crippen LogP contribution in [0.4, 0.5) is 0 Å². The third kappa shape index (κ3) is 14.9. The summed E-state index contributed by atoms with van der Waals surface area (Å²) in [7, 11) is -3.39. The van der Waals surface area contributed by atoms with Crippen LogP contribution < -0.4 is 11.5 Å². The van der Waals surface area contributed by atoms with Crippen molar-refractivity contribution in [3.8, 4) is 0 Å². The molecule has 0 fully saturated rings. The van der Waals surface area contributed by atoms with E-state index in [0.717, 1.165) is 38.2 Å². The molecule has 0 spiro atoms. The van der Waals surface area contributed by atoms with Crippen LogP contribution in [0.5, 0.6) is 0 Å². The second-order valence-corrected chi connectivity index (χ2v) is 18.8. The molecule has 0 atom stereocenters. The van der Waals surface area contributed by atoms with Crippen LogP contribution in [0.1, 0.15) is 121 Å². The lowest BCUT2D eigenvalue weighted by molar-refractivity contribution is -0.133. The predicted molar refractivity (Wildman–Crippen MR) is 273 cm³/mol. The third-order valence-electron chi connectivity index (χ3n) is 12.4. The summed E-state index contributed by atoms with van der Waals surface area (Å²) in [6, 6.07) is 16.6. The van der Waals surface area contributed by atoms with Crippen molar-refractivity contribution in [2.45, 2.75) is 123 Å². The number of fused-ring (bicyclic) bond motifs is 2. The fraction of sp³-hybridized carbons (Fsp3) is 0.500. The molecule has 0 saturated carbocycles. The number of primary amides is 2. The summed E-state index contributed by atoms with van der Waals surface area (Å²) in [6.45, 7) is 38.1. The maximum atomic E-state index is 12.9. The van der Waals surface area contributed by atoms with E-state index in [4.69, 9.17) is 11.5 Å². The fourth-order valence-corrected chi connectivity index (χ4v) is 8.65. The lowest BCUT2D eigenvalue weighted by atomic mass is 9.67. The minimum absolute atomic E-state index is 0.268. The van der Waals surface area contributed by atoms with Gasteiger partial charge < -0.3 is 31.6 Å². The molecule has 2 amide bonds. The van der Waals surface area contributed by atoms with E-state index in [-0.39, 0.29) is 11.4 Å². The molecule has 3 aromatic carbocycles. The summed E-state index contributed by atoms with van der Waals surface area (Å²) < 4.78 is 0. The van der Waals surface area contributed by atoms with Crippen molar-refractivity contribution >= 4 is 47.6 Å². The Morgan fingerprint density at radius 1 is 0.688 bits per heavy atom. The van der Waals surface area contributed by atoms with E-state index in [0.29, 0.717) is 63.2 Å². The number of benzene rings is 3. The topological polar surface area (TPSA) is 174 Å². The number of hydrogen-bond donors (Lipinski definition) is 6. The molecule has 12 heteroatoms. The first kappa shape index (κ1) is 57.7. The quantitative estimate of drug-likeness (QED) is 0.0311. The van der Waals surface area contributed by atoms with Crippen LogP contribution in [0.3, 0.4) is 0 Å². The van der Waals surface area contributed by atoms with Gasteiger partial charge in [0.2, 0.25) is 11.8 Å². The molecule has 8 N–H and O–H groups in total. The van der Waals surface area contributed by atoms with E-state index in [1.165, 1.54) is 6.08 Å². The summed E-state index contributed by atoms with van der Waals surface area (Å²) >= 11 is 0. The zero-order valence-corrected chi connectivity index (χ0v) is 41.8. The van der Waals surface area contributed by atoms with Crippen LogP contribution in [0.25, 0.3) is 21.5 Å². The maximum absolute atomic E-state index is 12.9. The smallest absolute Gasteiger partial charge is 0.423 e. The van der Waals surface area contributed by atoms with Gasteiger partial charge in [0.15, 0.2) is 0 Å². The molecule has 0 unspecified atom stereocenters. The Morgan fingerprint density at radius 2 is 1.12 bits per heavy atom. The minimum atomic E-state index is -1.74. The van der Waals surface area contributed by atoms with Crippen molar-refractivity contribution in [1.29, 1.82) is 0 Å². The molecule has 64 heavy (non-hydrogen) atoms. The molecule has 3 rings (SSSR count). The number of allylic oxidation sites excluding steroid dienone is 4. The second-order valence-electron chi connectivity index (χ2n) is 18.8. The van der Waals surface area contributed by atoms with E-state index in [1.807, 2.05) is 107 Å². The first-order chi connectivity index (χ1) is 29.9. The van der Waals surface area contributed by atoms with Crippen LogP contribution in [0.2, 0.25) is 0 Å². The van der Waals surface area contributed by atoms with Gasteiger partial charge in [-0.15, -0.1) is 0 Å². The lowest BCUT2D eigenvalue weighted by Crippen LogP contribution is -2.50. The monoisotopic (exact) mass is 881 g/mol. The highest BCUT2D eigenvalue weighted by Gasteiger charge is 2.43. The third-order valence-corrected chi connectivity index (χ3v) is 12.4. The second kappa shape index (κ2) is 25.4. The average molecular weight is 881 g/mol. The Balaban J connectivity index is 0.00000497. The van der Waals surface area contributed by atoms with Crippen molar-refractivity contribution in [1.82, 2.24) is 9.80 Å². The molecule has 10 nitrogen and oxygen atoms in total. The summed E-state index contributed by atoms with van der Waals surface area (Å²) in [5.41, 5.74) is 13.5. The van der Waals surface area contributed by atoms with Gasteiger partial charge >= 0.3 is 14.2 Å². The van der Waals surface area contributed by atoms with Gasteiger partial charge in [0, 0.05) is 50.1 Å². The molecular formula is C52H82B2N4O6. The minimum Gasteiger partial charge on any atom is -0.423 e. The van der Waals surface area contributed by atoms with Gasteiger partial charge in [0.25, 0.3) is 0 Å². The molecule has 0 aliphatic heterocycles. The number of rotatable bonds is 23. The number of carbonyl (C=O) groups is 2. The van der Waals surface area contributed by atoms with Gasteiger partial charge in [-0.3, -0.25) is 19.4 Å². The van der Waals surface area contributed by atoms with Gasteiger partial charge in [-0.05, 0) is 85.4 Å². The van der Waals surface area contributed by atoms with E-state index in [9.17, 15) is 29.7 Å². The number of nitrogens with zero attached hydrogens (tertiary/aromatic N) is 2. The van der Waals surface area contributed by atoms with Gasteiger partial charge in [-0.2, -0.15) is 0 Å². The molecule has 0 radical (unpaired) electrons. The average Bonchev–Trinajstić information content (AvgIpc) is 3.22. The summed E-state index contributed by atoms with van der Waals surface area (Å²) in [5.74, 6) is -0.771.